The predicted octanol–water partition coefficient (Wildman–Crippen LogP) is 3.65. The zero-order valence-electron chi connectivity index (χ0n) is 12.5. The lowest BCUT2D eigenvalue weighted by atomic mass is 10.1. The molecule has 3 nitrogen and oxygen atoms in total. The van der Waals surface area contributed by atoms with Crippen LogP contribution >= 0.6 is 0 Å². The summed E-state index contributed by atoms with van der Waals surface area (Å²) in [4.78, 5) is 4.03. The van der Waals surface area contributed by atoms with E-state index in [9.17, 15) is 0 Å². The van der Waals surface area contributed by atoms with Gasteiger partial charge < -0.3 is 10.1 Å². The van der Waals surface area contributed by atoms with Gasteiger partial charge in [-0.2, -0.15) is 0 Å². The number of rotatable bonds is 6. The molecule has 1 unspecified atom stereocenters. The normalized spacial score (nSPS) is 16.7. The van der Waals surface area contributed by atoms with Crippen molar-refractivity contribution in [3.63, 3.8) is 0 Å². The molecule has 3 rings (SSSR count). The third kappa shape index (κ3) is 3.24. The maximum Gasteiger partial charge on any atom is 0.123 e. The van der Waals surface area contributed by atoms with E-state index in [0.29, 0.717) is 12.6 Å². The zero-order valence-corrected chi connectivity index (χ0v) is 12.5. The topological polar surface area (TPSA) is 34.1 Å². The monoisotopic (exact) mass is 282 g/mol. The summed E-state index contributed by atoms with van der Waals surface area (Å²) in [6.07, 6.45) is 7.05. The van der Waals surface area contributed by atoms with Crippen LogP contribution in [0.1, 0.15) is 42.5 Å². The van der Waals surface area contributed by atoms with Crippen LogP contribution < -0.4 is 10.1 Å². The Bertz CT molecular complexity index is 583. The standard InChI is InChI=1S/C18H22N2O/c1-2-10-20-17-7-6-16-15(17)4-3-5-18(16)21-13-14-8-11-19-12-9-14/h3-5,8-9,11-12,17,20H,2,6-7,10,13H2,1H3. The van der Waals surface area contributed by atoms with Crippen LogP contribution in [0, 0.1) is 0 Å². The molecule has 0 saturated heterocycles. The first kappa shape index (κ1) is 14.1. The van der Waals surface area contributed by atoms with E-state index in [1.165, 1.54) is 24.0 Å². The molecule has 1 aliphatic rings. The van der Waals surface area contributed by atoms with Crippen LogP contribution in [0.2, 0.25) is 0 Å². The summed E-state index contributed by atoms with van der Waals surface area (Å²) in [5.41, 5.74) is 3.94. The Morgan fingerprint density at radius 2 is 2.10 bits per heavy atom. The summed E-state index contributed by atoms with van der Waals surface area (Å²) in [6.45, 7) is 3.88. The van der Waals surface area contributed by atoms with Crippen molar-refractivity contribution in [2.75, 3.05) is 6.54 Å². The van der Waals surface area contributed by atoms with E-state index < -0.39 is 0 Å². The van der Waals surface area contributed by atoms with Crippen molar-refractivity contribution in [1.82, 2.24) is 10.3 Å². The molecule has 1 aromatic carbocycles. The molecule has 2 aromatic rings. The Morgan fingerprint density at radius 1 is 1.24 bits per heavy atom. The molecule has 1 heterocycles. The smallest absolute Gasteiger partial charge is 0.123 e. The third-order valence-electron chi connectivity index (χ3n) is 4.01. The van der Waals surface area contributed by atoms with Gasteiger partial charge in [-0.05, 0) is 60.7 Å². The van der Waals surface area contributed by atoms with Gasteiger partial charge in [0, 0.05) is 18.4 Å². The Balaban J connectivity index is 1.71. The highest BCUT2D eigenvalue weighted by Gasteiger charge is 2.24. The summed E-state index contributed by atoms with van der Waals surface area (Å²) >= 11 is 0. The molecule has 0 saturated carbocycles. The van der Waals surface area contributed by atoms with Gasteiger partial charge in [-0.15, -0.1) is 0 Å². The van der Waals surface area contributed by atoms with Crippen LogP contribution in [-0.2, 0) is 13.0 Å². The number of hydrogen-bond acceptors (Lipinski definition) is 3. The van der Waals surface area contributed by atoms with Gasteiger partial charge in [-0.1, -0.05) is 19.1 Å². The third-order valence-corrected chi connectivity index (χ3v) is 4.01. The van der Waals surface area contributed by atoms with Crippen molar-refractivity contribution >= 4 is 0 Å². The van der Waals surface area contributed by atoms with Gasteiger partial charge in [-0.3, -0.25) is 4.98 Å². The number of fused-ring (bicyclic) bond motifs is 1. The fourth-order valence-electron chi connectivity index (χ4n) is 2.93. The fourth-order valence-corrected chi connectivity index (χ4v) is 2.93. The first-order valence-electron chi connectivity index (χ1n) is 7.75. The molecule has 0 amide bonds. The second kappa shape index (κ2) is 6.72. The Labute approximate surface area is 126 Å². The Hall–Kier alpha value is -1.87. The molecular weight excluding hydrogens is 260 g/mol. The number of aromatic nitrogens is 1. The molecule has 21 heavy (non-hydrogen) atoms. The number of ether oxygens (including phenoxy) is 1. The molecule has 1 aliphatic carbocycles. The lowest BCUT2D eigenvalue weighted by molar-refractivity contribution is 0.303. The molecule has 110 valence electrons. The molecule has 0 spiro atoms. The summed E-state index contributed by atoms with van der Waals surface area (Å²) in [5, 5.41) is 3.62. The highest BCUT2D eigenvalue weighted by atomic mass is 16.5. The van der Waals surface area contributed by atoms with Crippen molar-refractivity contribution < 1.29 is 4.74 Å². The molecule has 0 radical (unpaired) electrons. The summed E-state index contributed by atoms with van der Waals surface area (Å²) in [6, 6.07) is 10.9. The molecule has 3 heteroatoms. The largest absolute Gasteiger partial charge is 0.489 e. The van der Waals surface area contributed by atoms with Crippen molar-refractivity contribution in [2.24, 2.45) is 0 Å². The van der Waals surface area contributed by atoms with E-state index in [4.69, 9.17) is 4.74 Å². The average molecular weight is 282 g/mol. The SMILES string of the molecule is CCCNC1CCc2c(OCc3ccncc3)cccc21. The maximum absolute atomic E-state index is 6.03. The van der Waals surface area contributed by atoms with E-state index in [2.05, 4.69) is 35.4 Å². The summed E-state index contributed by atoms with van der Waals surface area (Å²) in [5.74, 6) is 1.03. The predicted molar refractivity (Wildman–Crippen MR) is 84.4 cm³/mol. The van der Waals surface area contributed by atoms with Crippen LogP contribution in [0.5, 0.6) is 5.75 Å². The van der Waals surface area contributed by atoms with E-state index in [1.807, 2.05) is 12.1 Å². The molecule has 0 aliphatic heterocycles. The highest BCUT2D eigenvalue weighted by molar-refractivity contribution is 5.45. The van der Waals surface area contributed by atoms with Crippen LogP contribution in [0.15, 0.2) is 42.7 Å². The minimum absolute atomic E-state index is 0.490. The first-order chi connectivity index (χ1) is 10.4. The van der Waals surface area contributed by atoms with E-state index >= 15 is 0 Å². The van der Waals surface area contributed by atoms with Crippen molar-refractivity contribution in [3.8, 4) is 5.75 Å². The van der Waals surface area contributed by atoms with Crippen molar-refractivity contribution in [1.29, 1.82) is 0 Å². The minimum Gasteiger partial charge on any atom is -0.489 e. The van der Waals surface area contributed by atoms with Crippen molar-refractivity contribution in [2.45, 2.75) is 38.8 Å². The molecule has 1 N–H and O–H groups in total. The van der Waals surface area contributed by atoms with Gasteiger partial charge in [0.2, 0.25) is 0 Å². The summed E-state index contributed by atoms with van der Waals surface area (Å²) in [7, 11) is 0. The quantitative estimate of drug-likeness (QED) is 0.878. The molecular formula is C18H22N2O. The molecule has 1 aromatic heterocycles. The van der Waals surface area contributed by atoms with Crippen LogP contribution in [0.3, 0.4) is 0 Å². The van der Waals surface area contributed by atoms with Gasteiger partial charge in [0.25, 0.3) is 0 Å². The molecule has 1 atom stereocenters. The summed E-state index contributed by atoms with van der Waals surface area (Å²) < 4.78 is 6.03. The van der Waals surface area contributed by atoms with E-state index in [0.717, 1.165) is 24.3 Å². The van der Waals surface area contributed by atoms with E-state index in [1.54, 1.807) is 12.4 Å². The van der Waals surface area contributed by atoms with Gasteiger partial charge >= 0.3 is 0 Å². The van der Waals surface area contributed by atoms with E-state index in [-0.39, 0.29) is 0 Å². The molecule has 0 fully saturated rings. The number of nitrogens with zero attached hydrogens (tertiary/aromatic N) is 1. The minimum atomic E-state index is 0.490. The second-order valence-electron chi connectivity index (χ2n) is 5.51. The number of pyridine rings is 1. The van der Waals surface area contributed by atoms with Gasteiger partial charge in [0.15, 0.2) is 0 Å². The second-order valence-corrected chi connectivity index (χ2v) is 5.51. The number of benzene rings is 1. The van der Waals surface area contributed by atoms with Crippen molar-refractivity contribution in [3.05, 3.63) is 59.4 Å². The van der Waals surface area contributed by atoms with Crippen LogP contribution in [-0.4, -0.2) is 11.5 Å². The van der Waals surface area contributed by atoms with Gasteiger partial charge in [0.05, 0.1) is 0 Å². The van der Waals surface area contributed by atoms with Gasteiger partial charge in [0.1, 0.15) is 12.4 Å². The highest BCUT2D eigenvalue weighted by Crippen LogP contribution is 2.37. The fraction of sp³-hybridized carbons (Fsp3) is 0.389. The number of hydrogen-bond donors (Lipinski definition) is 1. The Morgan fingerprint density at radius 3 is 2.90 bits per heavy atom. The average Bonchev–Trinajstić information content (AvgIpc) is 2.95. The lowest BCUT2D eigenvalue weighted by Crippen LogP contribution is -2.19. The number of nitrogens with one attached hydrogen (secondary N) is 1. The lowest BCUT2D eigenvalue weighted by Gasteiger charge is -2.15. The molecule has 0 bridgehead atoms. The Kier molecular flexibility index (Phi) is 4.51. The van der Waals surface area contributed by atoms with Gasteiger partial charge in [-0.25, -0.2) is 0 Å². The first-order valence-corrected chi connectivity index (χ1v) is 7.75. The zero-order chi connectivity index (χ0) is 14.5. The van der Waals surface area contributed by atoms with Crippen LogP contribution in [0.25, 0.3) is 0 Å². The van der Waals surface area contributed by atoms with Crippen LogP contribution in [0.4, 0.5) is 0 Å². The maximum atomic E-state index is 6.03.